The molecule has 6 nitrogen and oxygen atoms in total. The minimum atomic E-state index is -3.55. The highest BCUT2D eigenvalue weighted by atomic mass is 31.2. The predicted molar refractivity (Wildman–Crippen MR) is 66.8 cm³/mol. The van der Waals surface area contributed by atoms with E-state index in [1.807, 2.05) is 19.9 Å². The number of rotatable bonds is 7. The van der Waals surface area contributed by atoms with E-state index < -0.39 is 7.75 Å². The Hall–Kier alpha value is -0.890. The van der Waals surface area contributed by atoms with Gasteiger partial charge in [0, 0.05) is 13.1 Å². The lowest BCUT2D eigenvalue weighted by molar-refractivity contribution is 0.221. The molecule has 0 heterocycles. The van der Waals surface area contributed by atoms with Crippen LogP contribution in [0.15, 0.2) is 4.76 Å². The molecule has 7 heteroatoms. The first-order chi connectivity index (χ1) is 8.06. The zero-order valence-corrected chi connectivity index (χ0v) is 11.7. The molecule has 0 aromatic heterocycles. The maximum atomic E-state index is 12.1. The summed E-state index contributed by atoms with van der Waals surface area (Å²) < 4.78 is 26.0. The van der Waals surface area contributed by atoms with Crippen LogP contribution in [0, 0.1) is 11.3 Å². The van der Waals surface area contributed by atoms with Gasteiger partial charge in [-0.15, -0.1) is 4.76 Å². The molecule has 0 aliphatic carbocycles. The van der Waals surface area contributed by atoms with Gasteiger partial charge in [0.2, 0.25) is 5.84 Å². The molecule has 0 spiro atoms. The van der Waals surface area contributed by atoms with Crippen molar-refractivity contribution in [2.24, 2.45) is 4.76 Å². The first kappa shape index (κ1) is 16.1. The summed E-state index contributed by atoms with van der Waals surface area (Å²) in [6.07, 6.45) is 0. The summed E-state index contributed by atoms with van der Waals surface area (Å²) in [6, 6.07) is 1.92. The fourth-order valence-corrected chi connectivity index (χ4v) is 2.46. The van der Waals surface area contributed by atoms with E-state index in [9.17, 15) is 4.57 Å². The van der Waals surface area contributed by atoms with Crippen molar-refractivity contribution < 1.29 is 13.6 Å². The molecule has 0 amide bonds. The van der Waals surface area contributed by atoms with Crippen LogP contribution >= 0.6 is 7.75 Å². The Morgan fingerprint density at radius 2 is 1.71 bits per heavy atom. The first-order valence-electron chi connectivity index (χ1n) is 5.71. The number of nitrogens with zero attached hydrogens (tertiary/aromatic N) is 3. The standard InChI is InChI=1S/C10H20N3O3P/c1-5-13(6-2)10(9-11)12-17(14,15-7-3)16-8-4/h5-8H2,1-4H3. The minimum Gasteiger partial charge on any atom is -0.348 e. The van der Waals surface area contributed by atoms with Gasteiger partial charge in [0.25, 0.3) is 0 Å². The third-order valence-corrected chi connectivity index (χ3v) is 3.57. The van der Waals surface area contributed by atoms with Gasteiger partial charge in [0.1, 0.15) is 6.07 Å². The maximum Gasteiger partial charge on any atom is 0.456 e. The number of hydrogen-bond acceptors (Lipinski definition) is 4. The smallest absolute Gasteiger partial charge is 0.348 e. The van der Waals surface area contributed by atoms with Crippen molar-refractivity contribution in [1.29, 1.82) is 5.26 Å². The molecule has 0 aliphatic heterocycles. The molecule has 17 heavy (non-hydrogen) atoms. The van der Waals surface area contributed by atoms with E-state index in [0.717, 1.165) is 0 Å². The highest BCUT2D eigenvalue weighted by molar-refractivity contribution is 7.52. The van der Waals surface area contributed by atoms with Crippen molar-refractivity contribution in [1.82, 2.24) is 4.90 Å². The topological polar surface area (TPSA) is 74.9 Å². The van der Waals surface area contributed by atoms with Crippen LogP contribution in [-0.2, 0) is 13.6 Å². The second-order valence-corrected chi connectivity index (χ2v) is 4.67. The van der Waals surface area contributed by atoms with Gasteiger partial charge in [0.05, 0.1) is 13.2 Å². The van der Waals surface area contributed by atoms with Crippen LogP contribution < -0.4 is 0 Å². The molecule has 0 saturated heterocycles. The average Bonchev–Trinajstić information content (AvgIpc) is 2.29. The zero-order valence-electron chi connectivity index (χ0n) is 10.8. The third-order valence-electron chi connectivity index (χ3n) is 1.96. The third kappa shape index (κ3) is 5.31. The van der Waals surface area contributed by atoms with E-state index in [1.54, 1.807) is 18.7 Å². The monoisotopic (exact) mass is 261 g/mol. The summed E-state index contributed by atoms with van der Waals surface area (Å²) in [5.41, 5.74) is 0. The van der Waals surface area contributed by atoms with Gasteiger partial charge in [-0.3, -0.25) is 9.05 Å². The lowest BCUT2D eigenvalue weighted by atomic mass is 10.5. The van der Waals surface area contributed by atoms with Crippen molar-refractivity contribution in [3.05, 3.63) is 0 Å². The maximum absolute atomic E-state index is 12.1. The van der Waals surface area contributed by atoms with Crippen LogP contribution in [0.1, 0.15) is 27.7 Å². The molecule has 0 aromatic carbocycles. The van der Waals surface area contributed by atoms with E-state index in [0.29, 0.717) is 13.1 Å². The minimum absolute atomic E-state index is 0.0835. The van der Waals surface area contributed by atoms with Crippen LogP contribution in [0.4, 0.5) is 0 Å². The van der Waals surface area contributed by atoms with Crippen LogP contribution in [0.25, 0.3) is 0 Å². The molecular formula is C10H20N3O3P. The molecular weight excluding hydrogens is 241 g/mol. The molecule has 0 unspecified atom stereocenters. The van der Waals surface area contributed by atoms with Gasteiger partial charge < -0.3 is 4.90 Å². The zero-order chi connectivity index (χ0) is 13.3. The fourth-order valence-electron chi connectivity index (χ4n) is 1.22. The van der Waals surface area contributed by atoms with Crippen molar-refractivity contribution in [2.45, 2.75) is 27.7 Å². The molecule has 0 N–H and O–H groups in total. The number of nitriles is 1. The Balaban J connectivity index is 5.13. The molecule has 0 fully saturated rings. The van der Waals surface area contributed by atoms with Gasteiger partial charge in [-0.2, -0.15) is 5.26 Å². The van der Waals surface area contributed by atoms with Crippen molar-refractivity contribution in [2.75, 3.05) is 26.3 Å². The van der Waals surface area contributed by atoms with Gasteiger partial charge >= 0.3 is 7.75 Å². The molecule has 0 rings (SSSR count). The Kier molecular flexibility index (Phi) is 7.81. The predicted octanol–water partition coefficient (Wildman–Crippen LogP) is 2.43. The van der Waals surface area contributed by atoms with Crippen molar-refractivity contribution >= 4 is 13.6 Å². The van der Waals surface area contributed by atoms with E-state index in [-0.39, 0.29) is 19.0 Å². The Labute approximate surface area is 103 Å². The van der Waals surface area contributed by atoms with Crippen LogP contribution in [0.2, 0.25) is 0 Å². The highest BCUT2D eigenvalue weighted by Gasteiger charge is 2.25. The molecule has 0 aliphatic rings. The SMILES string of the molecule is CCOP(=O)(N=C(C#N)N(CC)CC)OCC. The van der Waals surface area contributed by atoms with Gasteiger partial charge in [-0.1, -0.05) is 0 Å². The largest absolute Gasteiger partial charge is 0.456 e. The number of amidine groups is 1. The van der Waals surface area contributed by atoms with Crippen molar-refractivity contribution in [3.8, 4) is 6.07 Å². The lowest BCUT2D eigenvalue weighted by Gasteiger charge is -2.19. The molecule has 0 aromatic rings. The van der Waals surface area contributed by atoms with Crippen LogP contribution in [-0.4, -0.2) is 37.0 Å². The van der Waals surface area contributed by atoms with Crippen LogP contribution in [0.5, 0.6) is 0 Å². The quantitative estimate of drug-likeness (QED) is 0.399. The average molecular weight is 261 g/mol. The van der Waals surface area contributed by atoms with E-state index >= 15 is 0 Å². The summed E-state index contributed by atoms with van der Waals surface area (Å²) in [5, 5.41) is 9.00. The van der Waals surface area contributed by atoms with Gasteiger partial charge in [-0.05, 0) is 27.7 Å². The summed E-state index contributed by atoms with van der Waals surface area (Å²) >= 11 is 0. The van der Waals surface area contributed by atoms with E-state index in [4.69, 9.17) is 14.3 Å². The van der Waals surface area contributed by atoms with Crippen molar-refractivity contribution in [3.63, 3.8) is 0 Å². The van der Waals surface area contributed by atoms with Gasteiger partial charge in [-0.25, -0.2) is 4.57 Å². The molecule has 0 radical (unpaired) electrons. The van der Waals surface area contributed by atoms with E-state index in [1.165, 1.54) is 0 Å². The Bertz CT molecular complexity index is 324. The second kappa shape index (κ2) is 8.24. The summed E-state index contributed by atoms with van der Waals surface area (Å²) in [5.74, 6) is 0.0835. The lowest BCUT2D eigenvalue weighted by Crippen LogP contribution is -2.29. The van der Waals surface area contributed by atoms with Crippen LogP contribution in [0.3, 0.4) is 0 Å². The number of hydrogen-bond donors (Lipinski definition) is 0. The summed E-state index contributed by atoms with van der Waals surface area (Å²) in [4.78, 5) is 1.70. The second-order valence-electron chi connectivity index (χ2n) is 3.01. The highest BCUT2D eigenvalue weighted by Crippen LogP contribution is 2.49. The molecule has 0 saturated carbocycles. The Morgan fingerprint density at radius 3 is 2.00 bits per heavy atom. The Morgan fingerprint density at radius 1 is 1.24 bits per heavy atom. The summed E-state index contributed by atoms with van der Waals surface area (Å²) in [7, 11) is -3.55. The van der Waals surface area contributed by atoms with Gasteiger partial charge in [0.15, 0.2) is 0 Å². The molecule has 98 valence electrons. The van der Waals surface area contributed by atoms with E-state index in [2.05, 4.69) is 4.76 Å². The fraction of sp³-hybridized carbons (Fsp3) is 0.800. The normalized spacial score (nSPS) is 12.3. The first-order valence-corrected chi connectivity index (χ1v) is 7.20. The molecule has 0 bridgehead atoms. The summed E-state index contributed by atoms with van der Waals surface area (Å²) in [6.45, 7) is 8.85. The molecule has 0 atom stereocenters.